The van der Waals surface area contributed by atoms with Gasteiger partial charge < -0.3 is 0 Å². The van der Waals surface area contributed by atoms with E-state index in [0.29, 0.717) is 0 Å². The van der Waals surface area contributed by atoms with Crippen molar-refractivity contribution in [2.45, 2.75) is 11.4 Å². The van der Waals surface area contributed by atoms with Gasteiger partial charge in [0.1, 0.15) is 0 Å². The molecule has 22 heavy (non-hydrogen) atoms. The van der Waals surface area contributed by atoms with E-state index in [9.17, 15) is 4.21 Å². The van der Waals surface area contributed by atoms with Crippen LogP contribution in [0.5, 0.6) is 0 Å². The molecule has 0 radical (unpaired) electrons. The lowest BCUT2D eigenvalue weighted by molar-refractivity contribution is 0.133. The van der Waals surface area contributed by atoms with Gasteiger partial charge >= 0.3 is 0 Å². The van der Waals surface area contributed by atoms with Crippen molar-refractivity contribution in [3.63, 3.8) is 0 Å². The summed E-state index contributed by atoms with van der Waals surface area (Å²) in [5.74, 6) is 0.731. The molecule has 0 bridgehead atoms. The van der Waals surface area contributed by atoms with E-state index in [2.05, 4.69) is 27.3 Å². The molecule has 5 heteroatoms. The summed E-state index contributed by atoms with van der Waals surface area (Å²) >= 11 is 1.83. The second kappa shape index (κ2) is 8.02. The maximum atomic E-state index is 12.2. The Bertz CT molecular complexity index is 578. The molecule has 1 aromatic carbocycles. The maximum absolute atomic E-state index is 12.2. The fraction of sp³-hybridized carbons (Fsp3) is 0.412. The van der Waals surface area contributed by atoms with E-state index in [1.807, 2.05) is 41.7 Å². The minimum absolute atomic E-state index is 0.731. The molecule has 0 saturated carbocycles. The molecular formula is C17H22N2OS2. The Morgan fingerprint density at radius 1 is 0.955 bits per heavy atom. The van der Waals surface area contributed by atoms with Crippen LogP contribution in [0.15, 0.2) is 52.7 Å². The highest BCUT2D eigenvalue weighted by Gasteiger charge is 2.17. The van der Waals surface area contributed by atoms with Gasteiger partial charge in [-0.15, -0.1) is 11.3 Å². The van der Waals surface area contributed by atoms with Crippen LogP contribution in [0.2, 0.25) is 0 Å². The molecule has 0 aliphatic carbocycles. The first-order valence-corrected chi connectivity index (χ1v) is 9.91. The van der Waals surface area contributed by atoms with Gasteiger partial charge in [0, 0.05) is 54.8 Å². The van der Waals surface area contributed by atoms with E-state index < -0.39 is 10.8 Å². The molecule has 0 unspecified atom stereocenters. The van der Waals surface area contributed by atoms with Gasteiger partial charge in [-0.05, 0) is 23.6 Å². The second-order valence-corrected chi connectivity index (χ2v) is 8.16. The smallest absolute Gasteiger partial charge is 0.0542 e. The zero-order chi connectivity index (χ0) is 15.2. The molecule has 1 atom stereocenters. The van der Waals surface area contributed by atoms with Crippen molar-refractivity contribution in [2.24, 2.45) is 0 Å². The summed E-state index contributed by atoms with van der Waals surface area (Å²) in [6.07, 6.45) is 0. The van der Waals surface area contributed by atoms with Crippen LogP contribution >= 0.6 is 11.3 Å². The molecule has 118 valence electrons. The lowest BCUT2D eigenvalue weighted by Gasteiger charge is -2.34. The molecule has 3 nitrogen and oxygen atoms in total. The minimum Gasteiger partial charge on any atom is -0.300 e. The highest BCUT2D eigenvalue weighted by Crippen LogP contribution is 2.13. The number of nitrogens with zero attached hydrogens (tertiary/aromatic N) is 2. The van der Waals surface area contributed by atoms with E-state index in [0.717, 1.165) is 49.9 Å². The molecule has 1 aromatic heterocycles. The lowest BCUT2D eigenvalue weighted by atomic mass is 10.3. The summed E-state index contributed by atoms with van der Waals surface area (Å²) in [5, 5.41) is 2.14. The van der Waals surface area contributed by atoms with E-state index in [-0.39, 0.29) is 0 Å². The highest BCUT2D eigenvalue weighted by molar-refractivity contribution is 7.85. The Kier molecular flexibility index (Phi) is 5.78. The number of piperazine rings is 1. The number of hydrogen-bond donors (Lipinski definition) is 0. The summed E-state index contributed by atoms with van der Waals surface area (Å²) < 4.78 is 12.2. The van der Waals surface area contributed by atoms with Crippen molar-refractivity contribution in [3.8, 4) is 0 Å². The molecule has 2 heterocycles. The predicted octanol–water partition coefficient (Wildman–Crippen LogP) is 2.67. The van der Waals surface area contributed by atoms with Crippen LogP contribution < -0.4 is 0 Å². The Labute approximate surface area is 139 Å². The molecule has 3 rings (SSSR count). The third-order valence-electron chi connectivity index (χ3n) is 4.02. The van der Waals surface area contributed by atoms with Crippen molar-refractivity contribution in [3.05, 3.63) is 52.7 Å². The standard InChI is InChI=1S/C17H22N2OS2/c20-22(17-6-2-1-3-7-17)14-12-18-8-10-19(11-9-18)15-16-5-4-13-21-16/h1-7,13H,8-12,14-15H2/t22-/m0/s1. The van der Waals surface area contributed by atoms with Crippen LogP contribution in [0.25, 0.3) is 0 Å². The van der Waals surface area contributed by atoms with Crippen molar-refractivity contribution in [2.75, 3.05) is 38.5 Å². The minimum atomic E-state index is -0.874. The summed E-state index contributed by atoms with van der Waals surface area (Å²) in [6, 6.07) is 14.1. The predicted molar refractivity (Wildman–Crippen MR) is 93.8 cm³/mol. The quantitative estimate of drug-likeness (QED) is 0.811. The molecule has 1 aliphatic heterocycles. The summed E-state index contributed by atoms with van der Waals surface area (Å²) in [6.45, 7) is 6.37. The maximum Gasteiger partial charge on any atom is 0.0542 e. The van der Waals surface area contributed by atoms with E-state index >= 15 is 0 Å². The van der Waals surface area contributed by atoms with Gasteiger partial charge in [0.05, 0.1) is 10.8 Å². The van der Waals surface area contributed by atoms with Crippen molar-refractivity contribution in [1.82, 2.24) is 9.80 Å². The van der Waals surface area contributed by atoms with Crippen molar-refractivity contribution >= 4 is 22.1 Å². The van der Waals surface area contributed by atoms with Gasteiger partial charge in [0.15, 0.2) is 0 Å². The van der Waals surface area contributed by atoms with E-state index in [1.54, 1.807) is 0 Å². The van der Waals surface area contributed by atoms with Gasteiger partial charge in [0.25, 0.3) is 0 Å². The monoisotopic (exact) mass is 334 g/mol. The van der Waals surface area contributed by atoms with Crippen LogP contribution in [0.1, 0.15) is 4.88 Å². The number of hydrogen-bond acceptors (Lipinski definition) is 4. The number of thiophene rings is 1. The Hall–Kier alpha value is -1.01. The molecule has 2 aromatic rings. The van der Waals surface area contributed by atoms with Gasteiger partial charge in [-0.25, -0.2) is 0 Å². The average Bonchev–Trinajstić information content (AvgIpc) is 3.08. The Balaban J connectivity index is 1.40. The third kappa shape index (κ3) is 4.49. The van der Waals surface area contributed by atoms with Crippen LogP contribution in [-0.2, 0) is 17.3 Å². The summed E-state index contributed by atoms with van der Waals surface area (Å²) in [7, 11) is -0.874. The molecule has 1 aliphatic rings. The first-order valence-electron chi connectivity index (χ1n) is 7.72. The Morgan fingerprint density at radius 3 is 2.36 bits per heavy atom. The fourth-order valence-corrected chi connectivity index (χ4v) is 4.56. The molecule has 0 spiro atoms. The van der Waals surface area contributed by atoms with Gasteiger partial charge in [-0.3, -0.25) is 14.0 Å². The summed E-state index contributed by atoms with van der Waals surface area (Å²) in [5.41, 5.74) is 0. The molecular weight excluding hydrogens is 312 g/mol. The highest BCUT2D eigenvalue weighted by atomic mass is 32.2. The molecule has 0 N–H and O–H groups in total. The Morgan fingerprint density at radius 2 is 1.68 bits per heavy atom. The summed E-state index contributed by atoms with van der Waals surface area (Å²) in [4.78, 5) is 7.33. The van der Waals surface area contributed by atoms with Crippen LogP contribution in [0.4, 0.5) is 0 Å². The topological polar surface area (TPSA) is 23.6 Å². The van der Waals surface area contributed by atoms with Crippen LogP contribution in [0.3, 0.4) is 0 Å². The third-order valence-corrected chi connectivity index (χ3v) is 6.24. The van der Waals surface area contributed by atoms with E-state index in [1.165, 1.54) is 4.88 Å². The molecule has 1 fully saturated rings. The first-order chi connectivity index (χ1) is 10.8. The zero-order valence-corrected chi connectivity index (χ0v) is 14.3. The molecule has 1 saturated heterocycles. The SMILES string of the molecule is O=[S@@](CCN1CCN(Cc2cccs2)CC1)c1ccccc1. The number of rotatable bonds is 6. The normalized spacial score (nSPS) is 18.4. The number of benzene rings is 1. The van der Waals surface area contributed by atoms with E-state index in [4.69, 9.17) is 0 Å². The zero-order valence-electron chi connectivity index (χ0n) is 12.7. The van der Waals surface area contributed by atoms with Crippen molar-refractivity contribution < 1.29 is 4.21 Å². The fourth-order valence-electron chi connectivity index (χ4n) is 2.70. The van der Waals surface area contributed by atoms with Crippen molar-refractivity contribution in [1.29, 1.82) is 0 Å². The average molecular weight is 335 g/mol. The lowest BCUT2D eigenvalue weighted by Crippen LogP contribution is -2.46. The second-order valence-electron chi connectivity index (χ2n) is 5.56. The van der Waals surface area contributed by atoms with Crippen LogP contribution in [-0.4, -0.2) is 52.5 Å². The van der Waals surface area contributed by atoms with Gasteiger partial charge in [-0.1, -0.05) is 24.3 Å². The van der Waals surface area contributed by atoms with Gasteiger partial charge in [0.2, 0.25) is 0 Å². The first kappa shape index (κ1) is 15.9. The largest absolute Gasteiger partial charge is 0.300 e. The van der Waals surface area contributed by atoms with Crippen LogP contribution in [0, 0.1) is 0 Å². The molecule has 0 amide bonds. The van der Waals surface area contributed by atoms with Gasteiger partial charge in [-0.2, -0.15) is 0 Å².